The van der Waals surface area contributed by atoms with Gasteiger partial charge in [0, 0.05) is 6.07 Å². The molecule has 0 saturated heterocycles. The molecular formula is C7H9NO4S. The Labute approximate surface area is 75.0 Å². The van der Waals surface area contributed by atoms with Crippen LogP contribution in [0.4, 0.5) is 0 Å². The van der Waals surface area contributed by atoms with Crippen molar-refractivity contribution in [3.63, 3.8) is 0 Å². The molecule has 72 valence electrons. The zero-order valence-electron chi connectivity index (χ0n) is 6.94. The van der Waals surface area contributed by atoms with E-state index in [9.17, 15) is 13.2 Å². The number of nitrogens with one attached hydrogen (secondary N) is 1. The summed E-state index contributed by atoms with van der Waals surface area (Å²) in [5, 5.41) is 9.12. The van der Waals surface area contributed by atoms with Gasteiger partial charge in [-0.1, -0.05) is 6.92 Å². The molecule has 5 nitrogen and oxygen atoms in total. The van der Waals surface area contributed by atoms with Gasteiger partial charge in [0.15, 0.2) is 9.84 Å². The topological polar surface area (TPSA) is 87.2 Å². The summed E-state index contributed by atoms with van der Waals surface area (Å²) in [6.45, 7) is 1.46. The van der Waals surface area contributed by atoms with Crippen molar-refractivity contribution in [1.82, 2.24) is 4.98 Å². The molecule has 0 aliphatic rings. The van der Waals surface area contributed by atoms with Crippen LogP contribution in [0.25, 0.3) is 0 Å². The number of aromatic amines is 1. The Morgan fingerprint density at radius 1 is 1.46 bits per heavy atom. The fourth-order valence-corrected chi connectivity index (χ4v) is 1.79. The maximum absolute atomic E-state index is 11.3. The number of aromatic nitrogens is 1. The molecule has 0 atom stereocenters. The van der Waals surface area contributed by atoms with E-state index >= 15 is 0 Å². The predicted octanol–water partition coefficient (Wildman–Crippen LogP) is -0.126. The van der Waals surface area contributed by atoms with Crippen molar-refractivity contribution in [3.05, 3.63) is 22.5 Å². The van der Waals surface area contributed by atoms with Crippen molar-refractivity contribution in [1.29, 1.82) is 0 Å². The number of H-pyrrole nitrogens is 1. The second-order valence-electron chi connectivity index (χ2n) is 2.44. The van der Waals surface area contributed by atoms with Gasteiger partial charge in [-0.05, 0) is 6.07 Å². The third-order valence-corrected chi connectivity index (χ3v) is 3.34. The van der Waals surface area contributed by atoms with Gasteiger partial charge in [-0.25, -0.2) is 8.42 Å². The van der Waals surface area contributed by atoms with E-state index in [1.165, 1.54) is 6.92 Å². The first-order valence-electron chi connectivity index (χ1n) is 3.62. The van der Waals surface area contributed by atoms with Crippen LogP contribution in [-0.2, 0) is 9.84 Å². The molecule has 1 aromatic rings. The van der Waals surface area contributed by atoms with Gasteiger partial charge in [-0.2, -0.15) is 0 Å². The van der Waals surface area contributed by atoms with E-state index in [4.69, 9.17) is 5.11 Å². The van der Waals surface area contributed by atoms with Crippen molar-refractivity contribution in [2.75, 3.05) is 5.75 Å². The van der Waals surface area contributed by atoms with Crippen molar-refractivity contribution >= 4 is 9.84 Å². The fourth-order valence-electron chi connectivity index (χ4n) is 0.857. The van der Waals surface area contributed by atoms with Gasteiger partial charge in [0.2, 0.25) is 5.88 Å². The second-order valence-corrected chi connectivity index (χ2v) is 4.69. The lowest BCUT2D eigenvalue weighted by Crippen LogP contribution is -2.09. The molecule has 1 rings (SSSR count). The van der Waals surface area contributed by atoms with E-state index < -0.39 is 21.3 Å². The van der Waals surface area contributed by atoms with Gasteiger partial charge in [-0.3, -0.25) is 9.78 Å². The van der Waals surface area contributed by atoms with Gasteiger partial charge in [0.05, 0.1) is 5.75 Å². The summed E-state index contributed by atoms with van der Waals surface area (Å²) >= 11 is 0. The van der Waals surface area contributed by atoms with Crippen LogP contribution in [-0.4, -0.2) is 24.3 Å². The van der Waals surface area contributed by atoms with Crippen LogP contribution in [0.2, 0.25) is 0 Å². The minimum Gasteiger partial charge on any atom is -0.494 e. The summed E-state index contributed by atoms with van der Waals surface area (Å²) in [4.78, 5) is 12.4. The first-order valence-corrected chi connectivity index (χ1v) is 5.27. The predicted molar refractivity (Wildman–Crippen MR) is 46.5 cm³/mol. The van der Waals surface area contributed by atoms with E-state index in [1.54, 1.807) is 0 Å². The van der Waals surface area contributed by atoms with Crippen LogP contribution in [0, 0.1) is 0 Å². The molecule has 0 aliphatic heterocycles. The molecule has 1 aromatic heterocycles. The van der Waals surface area contributed by atoms with E-state index in [-0.39, 0.29) is 10.6 Å². The largest absolute Gasteiger partial charge is 0.494 e. The molecule has 1 heterocycles. The molecule has 2 N–H and O–H groups in total. The maximum atomic E-state index is 11.3. The van der Waals surface area contributed by atoms with Crippen LogP contribution in [0.5, 0.6) is 5.88 Å². The highest BCUT2D eigenvalue weighted by atomic mass is 32.2. The molecule has 6 heteroatoms. The number of hydrogen-bond acceptors (Lipinski definition) is 4. The van der Waals surface area contributed by atoms with E-state index in [0.717, 1.165) is 12.1 Å². The zero-order chi connectivity index (χ0) is 10.1. The highest BCUT2D eigenvalue weighted by molar-refractivity contribution is 7.91. The lowest BCUT2D eigenvalue weighted by atomic mass is 10.5. The second kappa shape index (κ2) is 3.21. The SMILES string of the molecule is CCS(=O)(=O)c1ccc(=O)[nH]c1O. The fraction of sp³-hybridized carbons (Fsp3) is 0.286. The zero-order valence-corrected chi connectivity index (χ0v) is 7.76. The van der Waals surface area contributed by atoms with Crippen LogP contribution >= 0.6 is 0 Å². The Kier molecular flexibility index (Phi) is 2.42. The lowest BCUT2D eigenvalue weighted by Gasteiger charge is -2.01. The van der Waals surface area contributed by atoms with Gasteiger partial charge < -0.3 is 5.11 Å². The summed E-state index contributed by atoms with van der Waals surface area (Å²) in [6.07, 6.45) is 0. The summed E-state index contributed by atoms with van der Waals surface area (Å²) in [7, 11) is -3.47. The molecule has 0 unspecified atom stereocenters. The number of hydrogen-bond donors (Lipinski definition) is 2. The quantitative estimate of drug-likeness (QED) is 0.701. The maximum Gasteiger partial charge on any atom is 0.250 e. The van der Waals surface area contributed by atoms with Crippen molar-refractivity contribution in [2.45, 2.75) is 11.8 Å². The van der Waals surface area contributed by atoms with Crippen LogP contribution in [0.1, 0.15) is 6.92 Å². The first kappa shape index (κ1) is 9.79. The third-order valence-electron chi connectivity index (χ3n) is 1.58. The van der Waals surface area contributed by atoms with E-state index in [0.29, 0.717) is 0 Å². The Bertz CT molecular complexity index is 460. The van der Waals surface area contributed by atoms with Crippen LogP contribution < -0.4 is 5.56 Å². The Morgan fingerprint density at radius 2 is 2.08 bits per heavy atom. The average Bonchev–Trinajstić information content (AvgIpc) is 2.03. The summed E-state index contributed by atoms with van der Waals surface area (Å²) < 4.78 is 22.5. The van der Waals surface area contributed by atoms with Crippen LogP contribution in [0.3, 0.4) is 0 Å². The Hall–Kier alpha value is -1.30. The molecule has 0 amide bonds. The van der Waals surface area contributed by atoms with E-state index in [2.05, 4.69) is 0 Å². The average molecular weight is 203 g/mol. The monoisotopic (exact) mass is 203 g/mol. The molecular weight excluding hydrogens is 194 g/mol. The minimum absolute atomic E-state index is 0.118. The number of aromatic hydroxyl groups is 1. The first-order chi connectivity index (χ1) is 5.97. The number of sulfone groups is 1. The molecule has 0 radical (unpaired) electrons. The number of pyridine rings is 1. The molecule has 0 bridgehead atoms. The van der Waals surface area contributed by atoms with Gasteiger partial charge in [0.1, 0.15) is 4.90 Å². The minimum atomic E-state index is -3.47. The van der Waals surface area contributed by atoms with Crippen molar-refractivity contribution in [3.8, 4) is 5.88 Å². The highest BCUT2D eigenvalue weighted by Gasteiger charge is 2.16. The normalized spacial score (nSPS) is 11.5. The van der Waals surface area contributed by atoms with Gasteiger partial charge >= 0.3 is 0 Å². The standard InChI is InChI=1S/C7H9NO4S/c1-2-13(11,12)5-3-4-6(9)8-7(5)10/h3-4H,2H2,1H3,(H2,8,9,10). The Balaban J connectivity index is 3.41. The van der Waals surface area contributed by atoms with Crippen molar-refractivity contribution in [2.24, 2.45) is 0 Å². The lowest BCUT2D eigenvalue weighted by molar-refractivity contribution is 0.434. The van der Waals surface area contributed by atoms with Crippen molar-refractivity contribution < 1.29 is 13.5 Å². The smallest absolute Gasteiger partial charge is 0.250 e. The van der Waals surface area contributed by atoms with Crippen LogP contribution in [0.15, 0.2) is 21.8 Å². The molecule has 0 saturated carbocycles. The third kappa shape index (κ3) is 1.89. The summed E-state index contributed by atoms with van der Waals surface area (Å²) in [5.74, 6) is -0.721. The molecule has 13 heavy (non-hydrogen) atoms. The molecule has 0 fully saturated rings. The molecule has 0 spiro atoms. The molecule has 0 aromatic carbocycles. The molecule has 0 aliphatic carbocycles. The van der Waals surface area contributed by atoms with Gasteiger partial charge in [-0.15, -0.1) is 0 Å². The summed E-state index contributed by atoms with van der Waals surface area (Å²) in [6, 6.07) is 2.15. The van der Waals surface area contributed by atoms with Gasteiger partial charge in [0.25, 0.3) is 5.56 Å². The number of rotatable bonds is 2. The summed E-state index contributed by atoms with van der Waals surface area (Å²) in [5.41, 5.74) is -0.535. The van der Waals surface area contributed by atoms with E-state index in [1.807, 2.05) is 4.98 Å². The Morgan fingerprint density at radius 3 is 2.54 bits per heavy atom. The highest BCUT2D eigenvalue weighted by Crippen LogP contribution is 2.18.